The molecule has 0 amide bonds. The smallest absolute Gasteiger partial charge is 0.0738 e. The van der Waals surface area contributed by atoms with Crippen LogP contribution in [-0.4, -0.2) is 28.5 Å². The van der Waals surface area contributed by atoms with Crippen molar-refractivity contribution in [2.45, 2.75) is 51.6 Å². The predicted octanol–water partition coefficient (Wildman–Crippen LogP) is 2.41. The first kappa shape index (κ1) is 14.0. The minimum Gasteiger partial charge on any atom is -0.381 e. The van der Waals surface area contributed by atoms with Gasteiger partial charge >= 0.3 is 0 Å². The molecule has 0 radical (unpaired) electrons. The summed E-state index contributed by atoms with van der Waals surface area (Å²) in [6.45, 7) is 6.63. The summed E-state index contributed by atoms with van der Waals surface area (Å²) in [5.41, 5.74) is 8.66. The molecule has 0 aliphatic carbocycles. The summed E-state index contributed by atoms with van der Waals surface area (Å²) in [5, 5.41) is 4.53. The molecule has 1 atom stereocenters. The Morgan fingerprint density at radius 3 is 2.94 bits per heavy atom. The molecule has 1 unspecified atom stereocenters. The number of aromatic nitrogens is 2. The Labute approximate surface area is 117 Å². The van der Waals surface area contributed by atoms with Gasteiger partial charge in [0.05, 0.1) is 15.9 Å². The Morgan fingerprint density at radius 2 is 2.22 bits per heavy atom. The summed E-state index contributed by atoms with van der Waals surface area (Å²) in [6, 6.07) is 0. The van der Waals surface area contributed by atoms with Crippen LogP contribution >= 0.6 is 15.9 Å². The average molecular weight is 316 g/mol. The number of ether oxygens (including phenoxy) is 1. The zero-order chi connectivity index (χ0) is 13.2. The Hall–Kier alpha value is -0.390. The second kappa shape index (κ2) is 5.72. The average Bonchev–Trinajstić information content (AvgIpc) is 2.54. The van der Waals surface area contributed by atoms with Crippen molar-refractivity contribution in [1.29, 1.82) is 0 Å². The quantitative estimate of drug-likeness (QED) is 0.932. The fourth-order valence-corrected chi connectivity index (χ4v) is 3.00. The van der Waals surface area contributed by atoms with Crippen LogP contribution in [0.3, 0.4) is 0 Å². The van der Waals surface area contributed by atoms with Crippen molar-refractivity contribution in [3.05, 3.63) is 15.9 Å². The number of aryl methyl sites for hydroxylation is 2. The van der Waals surface area contributed by atoms with Gasteiger partial charge in [-0.25, -0.2) is 0 Å². The molecule has 4 nitrogen and oxygen atoms in total. The largest absolute Gasteiger partial charge is 0.381 e. The topological polar surface area (TPSA) is 53.1 Å². The van der Waals surface area contributed by atoms with E-state index in [1.165, 1.54) is 5.69 Å². The van der Waals surface area contributed by atoms with E-state index >= 15 is 0 Å². The molecule has 1 aromatic rings. The van der Waals surface area contributed by atoms with E-state index in [-0.39, 0.29) is 5.54 Å². The summed E-state index contributed by atoms with van der Waals surface area (Å²) in [6.07, 6.45) is 3.86. The number of hydrogen-bond acceptors (Lipinski definition) is 3. The zero-order valence-electron chi connectivity index (χ0n) is 11.2. The first-order valence-electron chi connectivity index (χ1n) is 6.64. The van der Waals surface area contributed by atoms with Crippen LogP contribution in [0.4, 0.5) is 0 Å². The molecule has 2 N–H and O–H groups in total. The maximum atomic E-state index is 6.55. The van der Waals surface area contributed by atoms with Crippen LogP contribution in [0.15, 0.2) is 4.47 Å². The molecule has 5 heteroatoms. The van der Waals surface area contributed by atoms with E-state index in [4.69, 9.17) is 10.5 Å². The summed E-state index contributed by atoms with van der Waals surface area (Å²) in [4.78, 5) is 0. The van der Waals surface area contributed by atoms with Crippen molar-refractivity contribution < 1.29 is 4.74 Å². The van der Waals surface area contributed by atoms with Crippen LogP contribution < -0.4 is 5.73 Å². The van der Waals surface area contributed by atoms with Crippen molar-refractivity contribution >= 4 is 15.9 Å². The molecule has 1 aliphatic rings. The van der Waals surface area contributed by atoms with Crippen molar-refractivity contribution in [1.82, 2.24) is 9.78 Å². The van der Waals surface area contributed by atoms with Gasteiger partial charge in [-0.05, 0) is 49.0 Å². The molecule has 2 heterocycles. The summed E-state index contributed by atoms with van der Waals surface area (Å²) >= 11 is 3.64. The first-order valence-corrected chi connectivity index (χ1v) is 7.43. The number of rotatable bonds is 3. The van der Waals surface area contributed by atoms with Gasteiger partial charge in [0, 0.05) is 31.7 Å². The number of nitrogens with two attached hydrogens (primary N) is 1. The van der Waals surface area contributed by atoms with Gasteiger partial charge < -0.3 is 10.5 Å². The van der Waals surface area contributed by atoms with Crippen molar-refractivity contribution in [3.8, 4) is 0 Å². The fraction of sp³-hybridized carbons (Fsp3) is 0.769. The zero-order valence-corrected chi connectivity index (χ0v) is 12.8. The molecule has 1 fully saturated rings. The van der Waals surface area contributed by atoms with Gasteiger partial charge in [0.25, 0.3) is 0 Å². The van der Waals surface area contributed by atoms with Gasteiger partial charge in [0.2, 0.25) is 0 Å². The lowest BCUT2D eigenvalue weighted by Gasteiger charge is -2.27. The molecule has 102 valence electrons. The van der Waals surface area contributed by atoms with Crippen LogP contribution in [0.1, 0.15) is 37.6 Å². The van der Waals surface area contributed by atoms with E-state index in [0.29, 0.717) is 0 Å². The van der Waals surface area contributed by atoms with Gasteiger partial charge in [-0.3, -0.25) is 4.68 Å². The fourth-order valence-electron chi connectivity index (χ4n) is 2.58. The molecule has 1 saturated heterocycles. The maximum absolute atomic E-state index is 6.55. The van der Waals surface area contributed by atoms with E-state index in [2.05, 4.69) is 32.6 Å². The van der Waals surface area contributed by atoms with Crippen LogP contribution in [-0.2, 0) is 17.7 Å². The van der Waals surface area contributed by atoms with Crippen molar-refractivity contribution in [3.63, 3.8) is 0 Å². The second-order valence-electron chi connectivity index (χ2n) is 5.17. The molecular formula is C13H22BrN3O. The highest BCUT2D eigenvalue weighted by molar-refractivity contribution is 9.10. The van der Waals surface area contributed by atoms with Gasteiger partial charge in [0.15, 0.2) is 0 Å². The maximum Gasteiger partial charge on any atom is 0.0738 e. The molecule has 1 aromatic heterocycles. The van der Waals surface area contributed by atoms with Gasteiger partial charge in [0.1, 0.15) is 0 Å². The molecular weight excluding hydrogens is 294 g/mol. The normalized spacial score (nSPS) is 25.1. The van der Waals surface area contributed by atoms with E-state index in [1.54, 1.807) is 0 Å². The van der Waals surface area contributed by atoms with Crippen LogP contribution in [0.25, 0.3) is 0 Å². The Kier molecular flexibility index (Phi) is 4.45. The lowest BCUT2D eigenvalue weighted by molar-refractivity contribution is 0.139. The number of nitrogens with zero attached hydrogens (tertiary/aromatic N) is 2. The van der Waals surface area contributed by atoms with Crippen molar-refractivity contribution in [2.75, 3.05) is 13.2 Å². The molecule has 0 aromatic carbocycles. The van der Waals surface area contributed by atoms with E-state index in [9.17, 15) is 0 Å². The number of hydrogen-bond donors (Lipinski definition) is 1. The standard InChI is InChI=1S/C13H22BrN3O/c1-3-17-11(12(14)10(2)16-17)9-13(15)5-4-7-18-8-6-13/h3-9,15H2,1-2H3. The Balaban J connectivity index is 2.21. The highest BCUT2D eigenvalue weighted by Crippen LogP contribution is 2.29. The van der Waals surface area contributed by atoms with Gasteiger partial charge in [-0.15, -0.1) is 0 Å². The highest BCUT2D eigenvalue weighted by Gasteiger charge is 2.29. The Bertz CT molecular complexity index is 409. The third kappa shape index (κ3) is 2.95. The molecule has 0 spiro atoms. The van der Waals surface area contributed by atoms with Gasteiger partial charge in [-0.2, -0.15) is 5.10 Å². The summed E-state index contributed by atoms with van der Waals surface area (Å²) in [7, 11) is 0. The second-order valence-corrected chi connectivity index (χ2v) is 5.96. The number of halogens is 1. The Morgan fingerprint density at radius 1 is 1.44 bits per heavy atom. The minimum atomic E-state index is -0.154. The first-order chi connectivity index (χ1) is 8.56. The lowest BCUT2D eigenvalue weighted by atomic mass is 9.87. The van der Waals surface area contributed by atoms with E-state index in [0.717, 1.165) is 55.6 Å². The minimum absolute atomic E-state index is 0.154. The molecule has 0 saturated carbocycles. The van der Waals surface area contributed by atoms with E-state index in [1.807, 2.05) is 6.92 Å². The lowest BCUT2D eigenvalue weighted by Crippen LogP contribution is -2.43. The van der Waals surface area contributed by atoms with E-state index < -0.39 is 0 Å². The van der Waals surface area contributed by atoms with Crippen LogP contribution in [0.5, 0.6) is 0 Å². The predicted molar refractivity (Wildman–Crippen MR) is 75.6 cm³/mol. The highest BCUT2D eigenvalue weighted by atomic mass is 79.9. The van der Waals surface area contributed by atoms with Crippen LogP contribution in [0.2, 0.25) is 0 Å². The van der Waals surface area contributed by atoms with Crippen LogP contribution in [0, 0.1) is 6.92 Å². The monoisotopic (exact) mass is 315 g/mol. The molecule has 0 bridgehead atoms. The molecule has 1 aliphatic heterocycles. The van der Waals surface area contributed by atoms with Gasteiger partial charge in [-0.1, -0.05) is 0 Å². The summed E-state index contributed by atoms with van der Waals surface area (Å²) < 4.78 is 8.67. The molecule has 18 heavy (non-hydrogen) atoms. The molecule has 2 rings (SSSR count). The third-order valence-corrected chi connectivity index (χ3v) is 4.71. The third-order valence-electron chi connectivity index (χ3n) is 3.68. The SMILES string of the molecule is CCn1nc(C)c(Br)c1CC1(N)CCCOCC1. The summed E-state index contributed by atoms with van der Waals surface area (Å²) in [5.74, 6) is 0. The van der Waals surface area contributed by atoms with Crippen molar-refractivity contribution in [2.24, 2.45) is 5.73 Å².